The maximum absolute atomic E-state index is 13.2. The van der Waals surface area contributed by atoms with Crippen LogP contribution >= 0.6 is 23.2 Å². The number of hydrogen-bond acceptors (Lipinski definition) is 5. The lowest BCUT2D eigenvalue weighted by molar-refractivity contribution is -0.0230. The minimum atomic E-state index is -0.523. The van der Waals surface area contributed by atoms with Crippen LogP contribution < -0.4 is 0 Å². The highest BCUT2D eigenvalue weighted by atomic mass is 35.5. The van der Waals surface area contributed by atoms with Gasteiger partial charge in [-0.05, 0) is 43.9 Å². The second kappa shape index (κ2) is 11.1. The van der Waals surface area contributed by atoms with Gasteiger partial charge in [-0.1, -0.05) is 50.0 Å². The van der Waals surface area contributed by atoms with E-state index in [0.717, 1.165) is 25.2 Å². The zero-order valence-corrected chi connectivity index (χ0v) is 23.3. The first kappa shape index (κ1) is 27.9. The average molecular weight is 529 g/mol. The summed E-state index contributed by atoms with van der Waals surface area (Å²) in [6.45, 7) is 15.9. The van der Waals surface area contributed by atoms with E-state index in [2.05, 4.69) is 25.7 Å². The molecule has 0 aromatic heterocycles. The number of benzene rings is 1. The topological polar surface area (TPSA) is 62.3 Å². The summed E-state index contributed by atoms with van der Waals surface area (Å²) in [5, 5.41) is 1.10. The number of carbonyl (C=O) groups is 2. The number of nitrogens with zero attached hydrogens (tertiary/aromatic N) is 3. The predicted octanol–water partition coefficient (Wildman–Crippen LogP) is 6.06. The molecule has 196 valence electrons. The lowest BCUT2D eigenvalue weighted by Crippen LogP contribution is -2.60. The van der Waals surface area contributed by atoms with Crippen molar-refractivity contribution in [3.8, 4) is 0 Å². The predicted molar refractivity (Wildman–Crippen MR) is 139 cm³/mol. The molecule has 0 radical (unpaired) electrons. The van der Waals surface area contributed by atoms with Crippen LogP contribution in [0, 0.1) is 5.41 Å². The molecule has 35 heavy (non-hydrogen) atoms. The molecule has 0 aliphatic carbocycles. The zero-order chi connectivity index (χ0) is 26.0. The Balaban J connectivity index is 1.56. The Bertz CT molecular complexity index is 905. The molecule has 2 saturated heterocycles. The van der Waals surface area contributed by atoms with E-state index in [1.54, 1.807) is 4.90 Å². The van der Waals surface area contributed by atoms with E-state index in [1.807, 2.05) is 43.9 Å². The molecular formula is C26H39Cl2N3O4. The first-order chi connectivity index (χ1) is 16.2. The van der Waals surface area contributed by atoms with Crippen LogP contribution in [-0.2, 0) is 16.0 Å². The third-order valence-corrected chi connectivity index (χ3v) is 7.19. The smallest absolute Gasteiger partial charge is 0.410 e. The van der Waals surface area contributed by atoms with Crippen molar-refractivity contribution in [2.75, 3.05) is 32.7 Å². The zero-order valence-electron chi connectivity index (χ0n) is 21.8. The number of carbonyl (C=O) groups excluding carboxylic acids is 2. The third kappa shape index (κ3) is 7.89. The fraction of sp³-hybridized carbons (Fsp3) is 0.692. The van der Waals surface area contributed by atoms with Gasteiger partial charge in [0.05, 0.1) is 16.1 Å². The van der Waals surface area contributed by atoms with Gasteiger partial charge in [0.15, 0.2) is 0 Å². The number of amides is 2. The highest BCUT2D eigenvalue weighted by Gasteiger charge is 2.40. The molecule has 0 saturated carbocycles. The average Bonchev–Trinajstić information content (AvgIpc) is 2.75. The largest absolute Gasteiger partial charge is 0.446 e. The van der Waals surface area contributed by atoms with E-state index in [4.69, 9.17) is 32.7 Å². The van der Waals surface area contributed by atoms with E-state index >= 15 is 0 Å². The normalized spacial score (nSPS) is 20.6. The number of piperazine rings is 1. The van der Waals surface area contributed by atoms with E-state index in [0.29, 0.717) is 42.5 Å². The lowest BCUT2D eigenvalue weighted by atomic mass is 9.84. The molecule has 7 nitrogen and oxygen atoms in total. The molecule has 2 aliphatic rings. The highest BCUT2D eigenvalue weighted by Crippen LogP contribution is 2.30. The van der Waals surface area contributed by atoms with Gasteiger partial charge in [-0.25, -0.2) is 9.59 Å². The minimum absolute atomic E-state index is 0.00775. The van der Waals surface area contributed by atoms with Crippen molar-refractivity contribution in [1.82, 2.24) is 14.7 Å². The van der Waals surface area contributed by atoms with E-state index in [-0.39, 0.29) is 29.7 Å². The molecule has 2 amide bonds. The van der Waals surface area contributed by atoms with Crippen LogP contribution in [0.15, 0.2) is 18.2 Å². The minimum Gasteiger partial charge on any atom is -0.446 e. The Labute approximate surface area is 219 Å². The van der Waals surface area contributed by atoms with Crippen molar-refractivity contribution in [2.45, 2.75) is 78.7 Å². The monoisotopic (exact) mass is 527 g/mol. The molecule has 2 fully saturated rings. The first-order valence-corrected chi connectivity index (χ1v) is 13.1. The number of rotatable bonds is 3. The Morgan fingerprint density at radius 1 is 0.943 bits per heavy atom. The van der Waals surface area contributed by atoms with Crippen molar-refractivity contribution in [3.63, 3.8) is 0 Å². The van der Waals surface area contributed by atoms with Crippen molar-refractivity contribution >= 4 is 35.4 Å². The number of hydrogen-bond donors (Lipinski definition) is 0. The Hall–Kier alpha value is -1.70. The first-order valence-electron chi connectivity index (χ1n) is 12.3. The quantitative estimate of drug-likeness (QED) is 0.477. The molecule has 9 heteroatoms. The second-order valence-corrected chi connectivity index (χ2v) is 12.4. The van der Waals surface area contributed by atoms with Crippen molar-refractivity contribution in [3.05, 3.63) is 33.8 Å². The number of halogens is 2. The molecule has 0 spiro atoms. The molecule has 1 aromatic carbocycles. The molecule has 2 aliphatic heterocycles. The third-order valence-electron chi connectivity index (χ3n) is 6.45. The molecule has 1 aromatic rings. The maximum Gasteiger partial charge on any atom is 0.410 e. The van der Waals surface area contributed by atoms with Gasteiger partial charge in [0, 0.05) is 52.1 Å². The van der Waals surface area contributed by atoms with Gasteiger partial charge < -0.3 is 19.3 Å². The van der Waals surface area contributed by atoms with Crippen LogP contribution in [0.4, 0.5) is 9.59 Å². The molecule has 1 atom stereocenters. The molecular weight excluding hydrogens is 489 g/mol. The number of likely N-dealkylation sites (tertiary alicyclic amines) is 1. The second-order valence-electron chi connectivity index (χ2n) is 11.6. The van der Waals surface area contributed by atoms with Crippen LogP contribution in [0.3, 0.4) is 0 Å². The summed E-state index contributed by atoms with van der Waals surface area (Å²) in [4.78, 5) is 31.4. The summed E-state index contributed by atoms with van der Waals surface area (Å²) in [7, 11) is 0. The fourth-order valence-corrected chi connectivity index (χ4v) is 4.85. The van der Waals surface area contributed by atoms with Gasteiger partial charge >= 0.3 is 12.2 Å². The summed E-state index contributed by atoms with van der Waals surface area (Å²) in [5.41, 5.74) is 0.458. The summed E-state index contributed by atoms with van der Waals surface area (Å²) < 4.78 is 11.4. The lowest BCUT2D eigenvalue weighted by Gasteiger charge is -2.47. The SMILES string of the molecule is CC(C)(C)OC(=O)N1CCC(OC(=O)N2CCN(Cc3ccc(Cl)c(Cl)c3)C[C@@H]2C(C)(C)C)CC1. The number of piperidine rings is 1. The molecule has 0 N–H and O–H groups in total. The van der Waals surface area contributed by atoms with Gasteiger partial charge in [-0.2, -0.15) is 0 Å². The van der Waals surface area contributed by atoms with Crippen LogP contribution in [-0.4, -0.2) is 77.4 Å². The maximum atomic E-state index is 13.2. The Morgan fingerprint density at radius 3 is 2.17 bits per heavy atom. The Kier molecular flexibility index (Phi) is 8.87. The van der Waals surface area contributed by atoms with Crippen LogP contribution in [0.5, 0.6) is 0 Å². The molecule has 0 bridgehead atoms. The molecule has 0 unspecified atom stereocenters. The molecule has 3 rings (SSSR count). The van der Waals surface area contributed by atoms with E-state index < -0.39 is 5.60 Å². The Morgan fingerprint density at radius 2 is 1.60 bits per heavy atom. The van der Waals surface area contributed by atoms with Gasteiger partial charge in [0.1, 0.15) is 11.7 Å². The van der Waals surface area contributed by atoms with Crippen LogP contribution in [0.25, 0.3) is 0 Å². The van der Waals surface area contributed by atoms with Gasteiger partial charge in [-0.15, -0.1) is 0 Å². The summed E-state index contributed by atoms with van der Waals surface area (Å²) in [5.74, 6) is 0. The summed E-state index contributed by atoms with van der Waals surface area (Å²) >= 11 is 12.3. The standard InChI is InChI=1S/C26H39Cl2N3O4/c1-25(2,3)22-17-29(16-18-7-8-20(27)21(28)15-18)13-14-31(22)24(33)34-19-9-11-30(12-10-19)23(32)35-26(4,5)6/h7-8,15,19,22H,9-14,16-17H2,1-6H3/t22-/m1/s1. The molecule has 2 heterocycles. The fourth-order valence-electron chi connectivity index (χ4n) is 4.53. The van der Waals surface area contributed by atoms with E-state index in [1.165, 1.54) is 0 Å². The van der Waals surface area contributed by atoms with Gasteiger partial charge in [0.25, 0.3) is 0 Å². The van der Waals surface area contributed by atoms with Gasteiger partial charge in [-0.3, -0.25) is 4.90 Å². The number of ether oxygens (including phenoxy) is 2. The van der Waals surface area contributed by atoms with Crippen molar-refractivity contribution in [2.24, 2.45) is 5.41 Å². The van der Waals surface area contributed by atoms with Crippen LogP contribution in [0.1, 0.15) is 59.9 Å². The van der Waals surface area contributed by atoms with E-state index in [9.17, 15) is 9.59 Å². The summed E-state index contributed by atoms with van der Waals surface area (Å²) in [6, 6.07) is 5.72. The summed E-state index contributed by atoms with van der Waals surface area (Å²) in [6.07, 6.45) is 0.448. The van der Waals surface area contributed by atoms with Crippen LogP contribution in [0.2, 0.25) is 10.0 Å². The van der Waals surface area contributed by atoms with Crippen molar-refractivity contribution < 1.29 is 19.1 Å². The van der Waals surface area contributed by atoms with Crippen molar-refractivity contribution in [1.29, 1.82) is 0 Å². The highest BCUT2D eigenvalue weighted by molar-refractivity contribution is 6.42. The van der Waals surface area contributed by atoms with Gasteiger partial charge in [0.2, 0.25) is 0 Å².